The van der Waals surface area contributed by atoms with Crippen LogP contribution in [-0.4, -0.2) is 13.9 Å². The molecule has 0 atom stereocenters. The van der Waals surface area contributed by atoms with Gasteiger partial charge in [0.1, 0.15) is 5.75 Å². The van der Waals surface area contributed by atoms with Crippen LogP contribution in [-0.2, 0) is 10.1 Å². The highest BCUT2D eigenvalue weighted by Gasteiger charge is 2.48. The van der Waals surface area contributed by atoms with Crippen molar-refractivity contribution in [2.75, 3.05) is 0 Å². The lowest BCUT2D eigenvalue weighted by atomic mass is 9.92. The molecule has 0 radical (unpaired) electrons. The number of halogens is 3. The predicted molar refractivity (Wildman–Crippen MR) is 120 cm³/mol. The lowest BCUT2D eigenvalue weighted by molar-refractivity contribution is -0.0500. The Bertz CT molecular complexity index is 1590. The molecular formula is C25H15F3O3S. The second kappa shape index (κ2) is 7.24. The summed E-state index contributed by atoms with van der Waals surface area (Å²) in [4.78, 5) is 0. The van der Waals surface area contributed by atoms with Crippen molar-refractivity contribution in [2.45, 2.75) is 5.51 Å². The third-order valence-electron chi connectivity index (χ3n) is 5.40. The van der Waals surface area contributed by atoms with E-state index >= 15 is 0 Å². The molecular weight excluding hydrogens is 437 g/mol. The van der Waals surface area contributed by atoms with E-state index in [0.717, 1.165) is 38.1 Å². The number of alkyl halides is 3. The number of rotatable bonds is 3. The van der Waals surface area contributed by atoms with Gasteiger partial charge in [0.25, 0.3) is 0 Å². The van der Waals surface area contributed by atoms with E-state index in [4.69, 9.17) is 0 Å². The van der Waals surface area contributed by atoms with Crippen molar-refractivity contribution in [3.8, 4) is 16.9 Å². The van der Waals surface area contributed by atoms with Crippen LogP contribution in [0.25, 0.3) is 43.4 Å². The summed E-state index contributed by atoms with van der Waals surface area (Å²) in [5.41, 5.74) is -3.58. The molecule has 0 unspecified atom stereocenters. The second-order valence-corrected chi connectivity index (χ2v) is 8.90. The minimum atomic E-state index is -5.77. The molecule has 5 aromatic carbocycles. The molecule has 160 valence electrons. The van der Waals surface area contributed by atoms with Gasteiger partial charge in [0.05, 0.1) is 0 Å². The van der Waals surface area contributed by atoms with E-state index in [2.05, 4.69) is 4.18 Å². The Morgan fingerprint density at radius 1 is 0.562 bits per heavy atom. The van der Waals surface area contributed by atoms with Crippen LogP contribution in [0.15, 0.2) is 91.0 Å². The average Bonchev–Trinajstić information content (AvgIpc) is 2.78. The number of benzene rings is 5. The summed E-state index contributed by atoms with van der Waals surface area (Å²) in [6.07, 6.45) is 0. The van der Waals surface area contributed by atoms with Crippen molar-refractivity contribution in [2.24, 2.45) is 0 Å². The van der Waals surface area contributed by atoms with Crippen molar-refractivity contribution >= 4 is 42.4 Å². The molecule has 0 spiro atoms. The molecule has 0 heterocycles. The van der Waals surface area contributed by atoms with E-state index in [1.165, 1.54) is 12.1 Å². The summed E-state index contributed by atoms with van der Waals surface area (Å²) < 4.78 is 65.9. The molecule has 0 aliphatic heterocycles. The van der Waals surface area contributed by atoms with Gasteiger partial charge in [-0.3, -0.25) is 0 Å². The Morgan fingerprint density at radius 3 is 1.72 bits per heavy atom. The van der Waals surface area contributed by atoms with Gasteiger partial charge in [0.15, 0.2) is 0 Å². The maximum atomic E-state index is 12.8. The van der Waals surface area contributed by atoms with E-state index in [0.29, 0.717) is 5.39 Å². The van der Waals surface area contributed by atoms with Crippen LogP contribution in [0.4, 0.5) is 13.2 Å². The fraction of sp³-hybridized carbons (Fsp3) is 0.0400. The van der Waals surface area contributed by atoms with Crippen LogP contribution in [0.1, 0.15) is 0 Å². The zero-order valence-electron chi connectivity index (χ0n) is 16.4. The fourth-order valence-electron chi connectivity index (χ4n) is 3.97. The molecule has 5 rings (SSSR count). The van der Waals surface area contributed by atoms with Crippen molar-refractivity contribution in [1.82, 2.24) is 0 Å². The highest BCUT2D eigenvalue weighted by Crippen LogP contribution is 2.39. The largest absolute Gasteiger partial charge is 0.534 e. The van der Waals surface area contributed by atoms with Crippen molar-refractivity contribution in [3.05, 3.63) is 91.0 Å². The first-order valence-corrected chi connectivity index (χ1v) is 11.1. The van der Waals surface area contributed by atoms with Crippen LogP contribution < -0.4 is 4.18 Å². The first-order chi connectivity index (χ1) is 15.2. The summed E-state index contributed by atoms with van der Waals surface area (Å²) in [5.74, 6) is -0.392. The van der Waals surface area contributed by atoms with E-state index in [1.54, 1.807) is 6.07 Å². The Labute approximate surface area is 181 Å². The summed E-state index contributed by atoms with van der Waals surface area (Å²) in [5, 5.41) is 4.99. The quantitative estimate of drug-likeness (QED) is 0.167. The Balaban J connectivity index is 1.82. The highest BCUT2D eigenvalue weighted by atomic mass is 32.2. The van der Waals surface area contributed by atoms with E-state index in [-0.39, 0.29) is 0 Å². The van der Waals surface area contributed by atoms with E-state index in [9.17, 15) is 21.6 Å². The second-order valence-electron chi connectivity index (χ2n) is 7.36. The normalized spacial score (nSPS) is 12.5. The number of hydrogen-bond acceptors (Lipinski definition) is 3. The van der Waals surface area contributed by atoms with Gasteiger partial charge in [-0.05, 0) is 67.7 Å². The third kappa shape index (κ3) is 3.35. The molecule has 0 amide bonds. The van der Waals surface area contributed by atoms with Crippen LogP contribution in [0.5, 0.6) is 5.75 Å². The molecule has 0 aliphatic rings. The first kappa shape index (κ1) is 20.3. The Morgan fingerprint density at radius 2 is 1.09 bits per heavy atom. The average molecular weight is 452 g/mol. The molecule has 32 heavy (non-hydrogen) atoms. The molecule has 0 saturated carbocycles. The highest BCUT2D eigenvalue weighted by molar-refractivity contribution is 7.88. The minimum Gasteiger partial charge on any atom is -0.376 e. The van der Waals surface area contributed by atoms with Crippen LogP contribution in [0.3, 0.4) is 0 Å². The zero-order chi connectivity index (χ0) is 22.5. The summed E-state index contributed by atoms with van der Waals surface area (Å²) >= 11 is 0. The SMILES string of the molecule is O=S(=O)(Oc1ccc2c3ccccc3c3ccc(-c4ccccc4)cc3c2c1)C(F)(F)F. The molecule has 0 aromatic heterocycles. The van der Waals surface area contributed by atoms with Crippen molar-refractivity contribution in [1.29, 1.82) is 0 Å². The minimum absolute atomic E-state index is 0.392. The zero-order valence-corrected chi connectivity index (χ0v) is 17.2. The smallest absolute Gasteiger partial charge is 0.376 e. The van der Waals surface area contributed by atoms with Gasteiger partial charge < -0.3 is 4.18 Å². The van der Waals surface area contributed by atoms with Gasteiger partial charge in [0.2, 0.25) is 0 Å². The first-order valence-electron chi connectivity index (χ1n) is 9.69. The van der Waals surface area contributed by atoms with Gasteiger partial charge in [-0.25, -0.2) is 0 Å². The molecule has 3 nitrogen and oxygen atoms in total. The summed E-state index contributed by atoms with van der Waals surface area (Å²) in [6, 6.07) is 27.5. The predicted octanol–water partition coefficient (Wildman–Crippen LogP) is 7.04. The van der Waals surface area contributed by atoms with E-state index in [1.807, 2.05) is 72.8 Å². The van der Waals surface area contributed by atoms with Gasteiger partial charge in [0, 0.05) is 0 Å². The third-order valence-corrected chi connectivity index (χ3v) is 6.38. The fourth-order valence-corrected chi connectivity index (χ4v) is 4.42. The van der Waals surface area contributed by atoms with Gasteiger partial charge in [-0.1, -0.05) is 66.7 Å². The summed E-state index contributed by atoms with van der Waals surface area (Å²) in [6.45, 7) is 0. The number of fused-ring (bicyclic) bond motifs is 6. The van der Waals surface area contributed by atoms with Crippen LogP contribution >= 0.6 is 0 Å². The molecule has 0 aliphatic carbocycles. The van der Waals surface area contributed by atoms with Gasteiger partial charge in [-0.2, -0.15) is 21.6 Å². The molecule has 7 heteroatoms. The number of hydrogen-bond donors (Lipinski definition) is 0. The lowest BCUT2D eigenvalue weighted by Gasteiger charge is -2.14. The molecule has 5 aromatic rings. The molecule has 0 bridgehead atoms. The van der Waals surface area contributed by atoms with Crippen LogP contribution in [0.2, 0.25) is 0 Å². The van der Waals surface area contributed by atoms with Gasteiger partial charge >= 0.3 is 15.6 Å². The maximum Gasteiger partial charge on any atom is 0.534 e. The molecule has 0 N–H and O–H groups in total. The Hall–Kier alpha value is -3.58. The standard InChI is InChI=1S/C25H15F3O3S/c26-25(27,28)32(29,30)31-18-11-13-22-20-9-5-4-8-19(20)21-12-10-17(14-23(21)24(22)15-18)16-6-2-1-3-7-16/h1-15H. The molecule has 0 saturated heterocycles. The topological polar surface area (TPSA) is 43.4 Å². The lowest BCUT2D eigenvalue weighted by Crippen LogP contribution is -2.28. The van der Waals surface area contributed by atoms with Crippen LogP contribution in [0, 0.1) is 0 Å². The maximum absolute atomic E-state index is 12.8. The summed E-state index contributed by atoms with van der Waals surface area (Å²) in [7, 11) is -5.77. The van der Waals surface area contributed by atoms with Crippen molar-refractivity contribution in [3.63, 3.8) is 0 Å². The van der Waals surface area contributed by atoms with Crippen molar-refractivity contribution < 1.29 is 25.8 Å². The van der Waals surface area contributed by atoms with Gasteiger partial charge in [-0.15, -0.1) is 0 Å². The molecule has 0 fully saturated rings. The van der Waals surface area contributed by atoms with E-state index < -0.39 is 21.4 Å². The Kier molecular flexibility index (Phi) is 4.60. The monoisotopic (exact) mass is 452 g/mol.